The van der Waals surface area contributed by atoms with Gasteiger partial charge in [0.1, 0.15) is 5.75 Å². The average Bonchev–Trinajstić information content (AvgIpc) is 2.78. The van der Waals surface area contributed by atoms with Crippen molar-refractivity contribution in [2.24, 2.45) is 5.92 Å². The Kier molecular flexibility index (Phi) is 7.19. The number of hydrogen-bond acceptors (Lipinski definition) is 4. The molecule has 2 saturated heterocycles. The zero-order valence-electron chi connectivity index (χ0n) is 18.3. The molecule has 2 fully saturated rings. The Hall–Kier alpha value is -1.75. The number of ether oxygens (including phenoxy) is 1. The second-order valence-corrected chi connectivity index (χ2v) is 9.25. The van der Waals surface area contributed by atoms with Gasteiger partial charge in [-0.05, 0) is 87.6 Å². The largest absolute Gasteiger partial charge is 0.497 e. The van der Waals surface area contributed by atoms with Crippen molar-refractivity contribution in [2.75, 3.05) is 51.9 Å². The van der Waals surface area contributed by atoms with Gasteiger partial charge in [0.25, 0.3) is 0 Å². The molecule has 30 heavy (non-hydrogen) atoms. The van der Waals surface area contributed by atoms with E-state index in [9.17, 15) is 0 Å². The van der Waals surface area contributed by atoms with Crippen LogP contribution >= 0.6 is 11.6 Å². The second kappa shape index (κ2) is 10.0. The van der Waals surface area contributed by atoms with Crippen LogP contribution in [0.25, 0.3) is 0 Å². The van der Waals surface area contributed by atoms with E-state index in [4.69, 9.17) is 16.3 Å². The number of benzene rings is 2. The number of para-hydroxylation sites is 1. The number of halogens is 1. The molecule has 4 nitrogen and oxygen atoms in total. The van der Waals surface area contributed by atoms with E-state index in [2.05, 4.69) is 58.1 Å². The number of piperidine rings is 1. The highest BCUT2D eigenvalue weighted by Crippen LogP contribution is 2.29. The lowest BCUT2D eigenvalue weighted by molar-refractivity contribution is 0.109. The predicted octanol–water partition coefficient (Wildman–Crippen LogP) is 4.77. The van der Waals surface area contributed by atoms with Crippen LogP contribution in [-0.4, -0.2) is 62.8 Å². The molecule has 1 unspecified atom stereocenters. The van der Waals surface area contributed by atoms with Gasteiger partial charge in [0.2, 0.25) is 0 Å². The van der Waals surface area contributed by atoms with Gasteiger partial charge < -0.3 is 14.5 Å². The molecule has 162 valence electrons. The molecule has 0 amide bonds. The van der Waals surface area contributed by atoms with Crippen molar-refractivity contribution in [1.82, 2.24) is 9.80 Å². The van der Waals surface area contributed by atoms with E-state index >= 15 is 0 Å². The van der Waals surface area contributed by atoms with Gasteiger partial charge in [-0.1, -0.05) is 29.8 Å². The molecule has 2 aromatic rings. The molecular formula is C25H34ClN3O. The van der Waals surface area contributed by atoms with Crippen molar-refractivity contribution in [3.63, 3.8) is 0 Å². The number of hydrogen-bond donors (Lipinski definition) is 0. The number of rotatable bonds is 6. The van der Waals surface area contributed by atoms with Gasteiger partial charge in [-0.25, -0.2) is 0 Å². The van der Waals surface area contributed by atoms with E-state index in [0.29, 0.717) is 12.0 Å². The predicted molar refractivity (Wildman–Crippen MR) is 126 cm³/mol. The minimum absolute atomic E-state index is 0.648. The zero-order valence-corrected chi connectivity index (χ0v) is 19.0. The standard InChI is InChI=1S/C25H34ClN3O/c1-27-19-29(22-6-4-3-5-7-22)15-12-23(27)18-28-13-10-20(11-14-28)16-21-17-24(30-2)8-9-25(21)26/h3-9,17,20,23H,10-16,18-19H2,1-2H3. The van der Waals surface area contributed by atoms with Crippen LogP contribution in [0.4, 0.5) is 5.69 Å². The van der Waals surface area contributed by atoms with Gasteiger partial charge in [0.05, 0.1) is 13.8 Å². The van der Waals surface area contributed by atoms with E-state index in [0.717, 1.165) is 30.4 Å². The monoisotopic (exact) mass is 427 g/mol. The van der Waals surface area contributed by atoms with Crippen LogP contribution in [-0.2, 0) is 6.42 Å². The Labute approximate surface area is 186 Å². The lowest BCUT2D eigenvalue weighted by Crippen LogP contribution is -2.53. The topological polar surface area (TPSA) is 19.0 Å². The smallest absolute Gasteiger partial charge is 0.119 e. The highest BCUT2D eigenvalue weighted by Gasteiger charge is 2.28. The van der Waals surface area contributed by atoms with Crippen molar-refractivity contribution in [3.05, 3.63) is 59.1 Å². The number of likely N-dealkylation sites (tertiary alicyclic amines) is 1. The SMILES string of the molecule is COc1ccc(Cl)c(CC2CCN(CC3CCN(c4ccccc4)CN3C)CC2)c1. The van der Waals surface area contributed by atoms with Crippen LogP contribution in [0.3, 0.4) is 0 Å². The first-order valence-electron chi connectivity index (χ1n) is 11.2. The molecule has 5 heteroatoms. The number of nitrogens with zero attached hydrogens (tertiary/aromatic N) is 3. The third-order valence-electron chi connectivity index (χ3n) is 6.81. The van der Waals surface area contributed by atoms with Crippen LogP contribution < -0.4 is 9.64 Å². The maximum Gasteiger partial charge on any atom is 0.119 e. The first-order chi connectivity index (χ1) is 14.6. The number of anilines is 1. The van der Waals surface area contributed by atoms with Gasteiger partial charge in [0, 0.05) is 29.8 Å². The van der Waals surface area contributed by atoms with Crippen LogP contribution in [0.5, 0.6) is 5.75 Å². The molecule has 2 heterocycles. The van der Waals surface area contributed by atoms with Crippen molar-refractivity contribution in [1.29, 1.82) is 0 Å². The molecule has 2 aliphatic rings. The summed E-state index contributed by atoms with van der Waals surface area (Å²) in [4.78, 5) is 7.68. The Balaban J connectivity index is 1.24. The highest BCUT2D eigenvalue weighted by molar-refractivity contribution is 6.31. The van der Waals surface area contributed by atoms with E-state index in [-0.39, 0.29) is 0 Å². The fraction of sp³-hybridized carbons (Fsp3) is 0.520. The molecule has 0 bridgehead atoms. The van der Waals surface area contributed by atoms with E-state index < -0.39 is 0 Å². The minimum atomic E-state index is 0.648. The normalized spacial score (nSPS) is 21.7. The number of likely N-dealkylation sites (N-methyl/N-ethyl adjacent to an activating group) is 1. The first kappa shape index (κ1) is 21.5. The molecule has 1 atom stereocenters. The molecular weight excluding hydrogens is 394 g/mol. The second-order valence-electron chi connectivity index (χ2n) is 8.85. The van der Waals surface area contributed by atoms with Crippen molar-refractivity contribution in [2.45, 2.75) is 31.7 Å². The average molecular weight is 428 g/mol. The minimum Gasteiger partial charge on any atom is -0.497 e. The molecule has 2 aromatic carbocycles. The maximum atomic E-state index is 6.43. The third kappa shape index (κ3) is 5.29. The maximum absolute atomic E-state index is 6.43. The Morgan fingerprint density at radius 2 is 1.77 bits per heavy atom. The van der Waals surface area contributed by atoms with Crippen LogP contribution in [0.1, 0.15) is 24.8 Å². The third-order valence-corrected chi connectivity index (χ3v) is 7.18. The van der Waals surface area contributed by atoms with Crippen LogP contribution in [0, 0.1) is 5.92 Å². The number of methoxy groups -OCH3 is 1. The van der Waals surface area contributed by atoms with Gasteiger partial charge in [-0.15, -0.1) is 0 Å². The lowest BCUT2D eigenvalue weighted by atomic mass is 9.89. The summed E-state index contributed by atoms with van der Waals surface area (Å²) in [6, 6.07) is 17.4. The van der Waals surface area contributed by atoms with E-state index in [1.54, 1.807) is 7.11 Å². The van der Waals surface area contributed by atoms with E-state index in [1.165, 1.54) is 50.1 Å². The summed E-state index contributed by atoms with van der Waals surface area (Å²) in [5.74, 6) is 1.61. The summed E-state index contributed by atoms with van der Waals surface area (Å²) < 4.78 is 5.37. The molecule has 4 rings (SSSR count). The molecule has 2 aliphatic heterocycles. The molecule has 0 radical (unpaired) electrons. The van der Waals surface area contributed by atoms with Crippen molar-refractivity contribution >= 4 is 17.3 Å². The fourth-order valence-corrected chi connectivity index (χ4v) is 5.07. The Morgan fingerprint density at radius 3 is 2.47 bits per heavy atom. The zero-order chi connectivity index (χ0) is 20.9. The summed E-state index contributed by atoms with van der Waals surface area (Å²) in [5, 5.41) is 0.866. The quantitative estimate of drug-likeness (QED) is 0.660. The van der Waals surface area contributed by atoms with Gasteiger partial charge in [-0.2, -0.15) is 0 Å². The lowest BCUT2D eigenvalue weighted by Gasteiger charge is -2.43. The summed E-state index contributed by atoms with van der Waals surface area (Å²) >= 11 is 6.43. The Morgan fingerprint density at radius 1 is 1.00 bits per heavy atom. The Bertz CT molecular complexity index is 807. The summed E-state index contributed by atoms with van der Waals surface area (Å²) in [5.41, 5.74) is 2.56. The molecule has 0 aliphatic carbocycles. The molecule has 0 aromatic heterocycles. The summed E-state index contributed by atoms with van der Waals surface area (Å²) in [6.45, 7) is 5.73. The van der Waals surface area contributed by atoms with Crippen LogP contribution in [0.15, 0.2) is 48.5 Å². The molecule has 0 N–H and O–H groups in total. The van der Waals surface area contributed by atoms with Crippen molar-refractivity contribution in [3.8, 4) is 5.75 Å². The summed E-state index contributed by atoms with van der Waals surface area (Å²) in [7, 11) is 3.99. The van der Waals surface area contributed by atoms with Gasteiger partial charge >= 0.3 is 0 Å². The van der Waals surface area contributed by atoms with E-state index in [1.807, 2.05) is 12.1 Å². The summed E-state index contributed by atoms with van der Waals surface area (Å²) in [6.07, 6.45) is 4.78. The highest BCUT2D eigenvalue weighted by atomic mass is 35.5. The van der Waals surface area contributed by atoms with Crippen LogP contribution in [0.2, 0.25) is 5.02 Å². The van der Waals surface area contributed by atoms with Crippen molar-refractivity contribution < 1.29 is 4.74 Å². The van der Waals surface area contributed by atoms with Gasteiger partial charge in [0.15, 0.2) is 0 Å². The molecule has 0 saturated carbocycles. The molecule has 0 spiro atoms. The van der Waals surface area contributed by atoms with Gasteiger partial charge in [-0.3, -0.25) is 4.90 Å². The first-order valence-corrected chi connectivity index (χ1v) is 11.5. The fourth-order valence-electron chi connectivity index (χ4n) is 4.88.